The molecular weight excluding hydrogens is 350 g/mol. The smallest absolute Gasteiger partial charge is 0.259 e. The quantitative estimate of drug-likeness (QED) is 0.586. The van der Waals surface area contributed by atoms with E-state index in [1.54, 1.807) is 10.9 Å². The van der Waals surface area contributed by atoms with Crippen molar-refractivity contribution in [1.82, 2.24) is 19.6 Å². The Hall–Kier alpha value is -3.67. The van der Waals surface area contributed by atoms with Crippen molar-refractivity contribution in [2.24, 2.45) is 7.05 Å². The highest BCUT2D eigenvalue weighted by molar-refractivity contribution is 6.09. The standard InChI is InChI=1S/C22H21N5O/c1-15-19(14-23-26(15)3)24-22(28)20-16(2)27(18-12-8-5-9-13-18)25-21(20)17-10-6-4-7-11-17/h4-14H,1-3H3,(H,24,28). The minimum atomic E-state index is -0.199. The molecular formula is C22H21N5O. The van der Waals surface area contributed by atoms with E-state index >= 15 is 0 Å². The number of amides is 1. The van der Waals surface area contributed by atoms with Crippen molar-refractivity contribution in [1.29, 1.82) is 0 Å². The van der Waals surface area contributed by atoms with Crippen LogP contribution in [-0.4, -0.2) is 25.5 Å². The van der Waals surface area contributed by atoms with Gasteiger partial charge >= 0.3 is 0 Å². The fourth-order valence-electron chi connectivity index (χ4n) is 3.20. The van der Waals surface area contributed by atoms with E-state index in [1.165, 1.54) is 0 Å². The van der Waals surface area contributed by atoms with Crippen molar-refractivity contribution >= 4 is 11.6 Å². The zero-order chi connectivity index (χ0) is 19.7. The van der Waals surface area contributed by atoms with Gasteiger partial charge in [-0.2, -0.15) is 10.2 Å². The highest BCUT2D eigenvalue weighted by Crippen LogP contribution is 2.28. The summed E-state index contributed by atoms with van der Waals surface area (Å²) in [6, 6.07) is 19.6. The van der Waals surface area contributed by atoms with Gasteiger partial charge in [0.15, 0.2) is 0 Å². The van der Waals surface area contributed by atoms with E-state index in [0.717, 1.165) is 22.6 Å². The molecule has 28 heavy (non-hydrogen) atoms. The van der Waals surface area contributed by atoms with Gasteiger partial charge in [-0.15, -0.1) is 0 Å². The molecule has 0 saturated carbocycles. The first-order valence-corrected chi connectivity index (χ1v) is 9.06. The monoisotopic (exact) mass is 371 g/mol. The van der Waals surface area contributed by atoms with Crippen LogP contribution in [0.15, 0.2) is 66.9 Å². The summed E-state index contributed by atoms with van der Waals surface area (Å²) < 4.78 is 3.54. The molecule has 0 aliphatic rings. The van der Waals surface area contributed by atoms with E-state index in [0.29, 0.717) is 16.9 Å². The van der Waals surface area contributed by atoms with Crippen LogP contribution in [0.4, 0.5) is 5.69 Å². The van der Waals surface area contributed by atoms with Crippen molar-refractivity contribution in [3.63, 3.8) is 0 Å². The molecule has 140 valence electrons. The van der Waals surface area contributed by atoms with Gasteiger partial charge in [0, 0.05) is 12.6 Å². The Morgan fingerprint density at radius 3 is 2.18 bits per heavy atom. The van der Waals surface area contributed by atoms with Crippen molar-refractivity contribution in [2.75, 3.05) is 5.32 Å². The third-order valence-electron chi connectivity index (χ3n) is 4.87. The number of nitrogens with one attached hydrogen (secondary N) is 1. The molecule has 6 heteroatoms. The summed E-state index contributed by atoms with van der Waals surface area (Å²) in [6.07, 6.45) is 1.66. The second-order valence-corrected chi connectivity index (χ2v) is 6.64. The summed E-state index contributed by atoms with van der Waals surface area (Å²) in [7, 11) is 1.85. The van der Waals surface area contributed by atoms with Crippen LogP contribution in [0, 0.1) is 13.8 Å². The number of aromatic nitrogens is 4. The van der Waals surface area contributed by atoms with Crippen molar-refractivity contribution < 1.29 is 4.79 Å². The zero-order valence-electron chi connectivity index (χ0n) is 16.0. The first-order chi connectivity index (χ1) is 13.6. The maximum atomic E-state index is 13.2. The van der Waals surface area contributed by atoms with Crippen molar-refractivity contribution in [2.45, 2.75) is 13.8 Å². The van der Waals surface area contributed by atoms with Crippen LogP contribution < -0.4 is 5.32 Å². The summed E-state index contributed by atoms with van der Waals surface area (Å²) in [5.74, 6) is -0.199. The van der Waals surface area contributed by atoms with Gasteiger partial charge in [-0.1, -0.05) is 48.5 Å². The van der Waals surface area contributed by atoms with Gasteiger partial charge in [0.25, 0.3) is 5.91 Å². The molecule has 2 aromatic carbocycles. The fourth-order valence-corrected chi connectivity index (χ4v) is 3.20. The molecule has 0 spiro atoms. The Kier molecular flexibility index (Phi) is 4.53. The van der Waals surface area contributed by atoms with Gasteiger partial charge in [0.2, 0.25) is 0 Å². The lowest BCUT2D eigenvalue weighted by atomic mass is 10.1. The minimum Gasteiger partial charge on any atom is -0.319 e. The number of hydrogen-bond acceptors (Lipinski definition) is 3. The van der Waals surface area contributed by atoms with E-state index in [9.17, 15) is 4.79 Å². The minimum absolute atomic E-state index is 0.199. The van der Waals surface area contributed by atoms with Gasteiger partial charge in [-0.05, 0) is 26.0 Å². The third kappa shape index (κ3) is 3.09. The SMILES string of the molecule is Cc1c(NC(=O)c2c(-c3ccccc3)nn(-c3ccccc3)c2C)cnn1C. The highest BCUT2D eigenvalue weighted by atomic mass is 16.1. The number of aryl methyl sites for hydroxylation is 1. The number of nitrogens with zero attached hydrogens (tertiary/aromatic N) is 4. The molecule has 2 heterocycles. The molecule has 1 amide bonds. The van der Waals surface area contributed by atoms with Gasteiger partial charge < -0.3 is 5.32 Å². The summed E-state index contributed by atoms with van der Waals surface area (Å²) in [6.45, 7) is 3.83. The summed E-state index contributed by atoms with van der Waals surface area (Å²) in [5, 5.41) is 12.0. The fraction of sp³-hybridized carbons (Fsp3) is 0.136. The molecule has 4 aromatic rings. The second-order valence-electron chi connectivity index (χ2n) is 6.64. The van der Waals surface area contributed by atoms with Crippen LogP contribution in [0.2, 0.25) is 0 Å². The van der Waals surface area contributed by atoms with Crippen molar-refractivity contribution in [3.05, 3.63) is 83.8 Å². The number of anilines is 1. The van der Waals surface area contributed by atoms with Crippen LogP contribution in [0.5, 0.6) is 0 Å². The topological polar surface area (TPSA) is 64.7 Å². The lowest BCUT2D eigenvalue weighted by molar-refractivity contribution is 0.102. The number of rotatable bonds is 4. The Balaban J connectivity index is 1.83. The van der Waals surface area contributed by atoms with Gasteiger partial charge in [-0.3, -0.25) is 9.48 Å². The number of carbonyl (C=O) groups is 1. The number of carbonyl (C=O) groups excluding carboxylic acids is 1. The summed E-state index contributed by atoms with van der Waals surface area (Å²) >= 11 is 0. The first kappa shape index (κ1) is 17.7. The van der Waals surface area contributed by atoms with Crippen LogP contribution in [0.3, 0.4) is 0 Å². The van der Waals surface area contributed by atoms with E-state index in [4.69, 9.17) is 5.10 Å². The lowest BCUT2D eigenvalue weighted by Gasteiger charge is -2.07. The average Bonchev–Trinajstić information content (AvgIpc) is 3.23. The van der Waals surface area contributed by atoms with Gasteiger partial charge in [0.05, 0.1) is 34.5 Å². The number of hydrogen-bond donors (Lipinski definition) is 1. The summed E-state index contributed by atoms with van der Waals surface area (Å²) in [5.41, 5.74) is 5.38. The Morgan fingerprint density at radius 2 is 1.57 bits per heavy atom. The molecule has 4 rings (SSSR count). The molecule has 0 aliphatic carbocycles. The number of benzene rings is 2. The van der Waals surface area contributed by atoms with Crippen molar-refractivity contribution in [3.8, 4) is 16.9 Å². The normalized spacial score (nSPS) is 10.8. The molecule has 0 bridgehead atoms. The average molecular weight is 371 g/mol. The molecule has 2 aromatic heterocycles. The van der Waals surface area contributed by atoms with E-state index in [1.807, 2.05) is 86.2 Å². The van der Waals surface area contributed by atoms with E-state index < -0.39 is 0 Å². The maximum absolute atomic E-state index is 13.2. The molecule has 0 atom stereocenters. The Bertz CT molecular complexity index is 1130. The molecule has 1 N–H and O–H groups in total. The predicted octanol–water partition coefficient (Wildman–Crippen LogP) is 4.14. The number of para-hydroxylation sites is 1. The molecule has 6 nitrogen and oxygen atoms in total. The predicted molar refractivity (Wildman–Crippen MR) is 110 cm³/mol. The molecule has 0 fully saturated rings. The zero-order valence-corrected chi connectivity index (χ0v) is 16.0. The third-order valence-corrected chi connectivity index (χ3v) is 4.87. The van der Waals surface area contributed by atoms with Crippen LogP contribution in [0.25, 0.3) is 16.9 Å². The van der Waals surface area contributed by atoms with Crippen LogP contribution >= 0.6 is 0 Å². The lowest BCUT2D eigenvalue weighted by Crippen LogP contribution is -2.14. The first-order valence-electron chi connectivity index (χ1n) is 9.06. The maximum Gasteiger partial charge on any atom is 0.259 e. The van der Waals surface area contributed by atoms with Crippen LogP contribution in [-0.2, 0) is 7.05 Å². The molecule has 0 radical (unpaired) electrons. The highest BCUT2D eigenvalue weighted by Gasteiger charge is 2.24. The van der Waals surface area contributed by atoms with E-state index in [2.05, 4.69) is 10.4 Å². The van der Waals surface area contributed by atoms with Gasteiger partial charge in [0.1, 0.15) is 5.69 Å². The van der Waals surface area contributed by atoms with Crippen LogP contribution in [0.1, 0.15) is 21.7 Å². The van der Waals surface area contributed by atoms with Gasteiger partial charge in [-0.25, -0.2) is 4.68 Å². The van der Waals surface area contributed by atoms with E-state index in [-0.39, 0.29) is 5.91 Å². The summed E-state index contributed by atoms with van der Waals surface area (Å²) in [4.78, 5) is 13.2. The largest absolute Gasteiger partial charge is 0.319 e. The molecule has 0 unspecified atom stereocenters. The Labute approximate surface area is 163 Å². The molecule has 0 saturated heterocycles. The second kappa shape index (κ2) is 7.15. The Morgan fingerprint density at radius 1 is 0.929 bits per heavy atom. The molecule has 0 aliphatic heterocycles.